The molecule has 0 radical (unpaired) electrons. The van der Waals surface area contributed by atoms with Crippen LogP contribution in [0.5, 0.6) is 0 Å². The van der Waals surface area contributed by atoms with Gasteiger partial charge in [-0.15, -0.1) is 11.6 Å². The first-order valence-corrected chi connectivity index (χ1v) is 4.32. The standard InChI is InChI=1S/C8H13Cl/c1-7-5-8(7,6-7)3-2-4-9/h2-6H2,1H3. The Morgan fingerprint density at radius 3 is 2.33 bits per heavy atom. The van der Waals surface area contributed by atoms with E-state index in [0.717, 1.165) is 16.7 Å². The van der Waals surface area contributed by atoms with E-state index in [2.05, 4.69) is 6.92 Å². The number of hydrogen-bond donors (Lipinski definition) is 0. The van der Waals surface area contributed by atoms with Gasteiger partial charge in [0.1, 0.15) is 0 Å². The summed E-state index contributed by atoms with van der Waals surface area (Å²) >= 11 is 5.60. The first-order chi connectivity index (χ1) is 4.22. The lowest BCUT2D eigenvalue weighted by atomic mass is 10.1. The minimum atomic E-state index is 0.805. The molecule has 2 fully saturated rings. The maximum Gasteiger partial charge on any atom is 0.0223 e. The van der Waals surface area contributed by atoms with Gasteiger partial charge in [-0.2, -0.15) is 0 Å². The van der Waals surface area contributed by atoms with E-state index >= 15 is 0 Å². The summed E-state index contributed by atoms with van der Waals surface area (Å²) in [4.78, 5) is 0. The van der Waals surface area contributed by atoms with Gasteiger partial charge in [-0.3, -0.25) is 0 Å². The maximum atomic E-state index is 5.60. The first kappa shape index (κ1) is 6.03. The van der Waals surface area contributed by atoms with Crippen LogP contribution >= 0.6 is 11.6 Å². The molecule has 0 aromatic rings. The quantitative estimate of drug-likeness (QED) is 0.535. The van der Waals surface area contributed by atoms with E-state index in [9.17, 15) is 0 Å². The Morgan fingerprint density at radius 2 is 2.00 bits per heavy atom. The van der Waals surface area contributed by atoms with Crippen LogP contribution in [0.4, 0.5) is 0 Å². The van der Waals surface area contributed by atoms with Crippen molar-refractivity contribution in [2.24, 2.45) is 10.8 Å². The Kier molecular flexibility index (Phi) is 0.987. The van der Waals surface area contributed by atoms with Gasteiger partial charge in [0.05, 0.1) is 0 Å². The van der Waals surface area contributed by atoms with Gasteiger partial charge < -0.3 is 0 Å². The van der Waals surface area contributed by atoms with Crippen LogP contribution in [0.25, 0.3) is 0 Å². The highest BCUT2D eigenvalue weighted by Crippen LogP contribution is 2.87. The molecule has 2 saturated carbocycles. The molecule has 52 valence electrons. The number of rotatable bonds is 3. The lowest BCUT2D eigenvalue weighted by Crippen LogP contribution is -1.85. The highest BCUT2D eigenvalue weighted by atomic mass is 35.5. The molecule has 0 atom stereocenters. The minimum absolute atomic E-state index is 0.805. The zero-order chi connectivity index (χ0) is 6.54. The van der Waals surface area contributed by atoms with Crippen LogP contribution in [-0.4, -0.2) is 5.88 Å². The normalized spacial score (nSPS) is 52.7. The summed E-state index contributed by atoms with van der Waals surface area (Å²) in [6.07, 6.45) is 5.62. The summed E-state index contributed by atoms with van der Waals surface area (Å²) in [6, 6.07) is 0. The third-order valence-corrected chi connectivity index (χ3v) is 3.54. The van der Waals surface area contributed by atoms with Gasteiger partial charge in [-0.25, -0.2) is 0 Å². The summed E-state index contributed by atoms with van der Waals surface area (Å²) in [5, 5.41) is 0. The van der Waals surface area contributed by atoms with E-state index in [-0.39, 0.29) is 0 Å². The maximum absolute atomic E-state index is 5.60. The molecule has 0 N–H and O–H groups in total. The fourth-order valence-electron chi connectivity index (χ4n) is 2.24. The zero-order valence-corrected chi connectivity index (χ0v) is 6.67. The van der Waals surface area contributed by atoms with E-state index in [4.69, 9.17) is 11.6 Å². The summed E-state index contributed by atoms with van der Waals surface area (Å²) in [5.41, 5.74) is 1.63. The SMILES string of the molecule is CC12CC1(CCCCl)C2. The number of alkyl halides is 1. The average Bonchev–Trinajstić information content (AvgIpc) is 2.48. The van der Waals surface area contributed by atoms with Gasteiger partial charge in [0.25, 0.3) is 0 Å². The third kappa shape index (κ3) is 0.660. The van der Waals surface area contributed by atoms with Crippen LogP contribution in [0.1, 0.15) is 32.6 Å². The molecular weight excluding hydrogens is 132 g/mol. The molecule has 0 aliphatic heterocycles. The largest absolute Gasteiger partial charge is 0.127 e. The van der Waals surface area contributed by atoms with Crippen molar-refractivity contribution in [1.29, 1.82) is 0 Å². The molecule has 0 aromatic heterocycles. The average molecular weight is 145 g/mol. The van der Waals surface area contributed by atoms with Crippen molar-refractivity contribution in [2.45, 2.75) is 32.6 Å². The second kappa shape index (κ2) is 1.47. The van der Waals surface area contributed by atoms with Gasteiger partial charge in [0, 0.05) is 5.88 Å². The summed E-state index contributed by atoms with van der Waals surface area (Å²) in [5.74, 6) is 0.859. The molecule has 0 amide bonds. The Balaban J connectivity index is 1.78. The van der Waals surface area contributed by atoms with Crippen LogP contribution in [0, 0.1) is 10.8 Å². The Labute approximate surface area is 61.6 Å². The van der Waals surface area contributed by atoms with E-state index < -0.39 is 0 Å². The molecule has 0 heterocycles. The van der Waals surface area contributed by atoms with Gasteiger partial charge in [0.15, 0.2) is 0 Å². The Hall–Kier alpha value is 0.290. The molecule has 0 nitrogen and oxygen atoms in total. The van der Waals surface area contributed by atoms with Crippen molar-refractivity contribution >= 4 is 11.6 Å². The molecule has 0 unspecified atom stereocenters. The van der Waals surface area contributed by atoms with Gasteiger partial charge in [0.2, 0.25) is 0 Å². The molecule has 1 heteroatoms. The van der Waals surface area contributed by atoms with Crippen LogP contribution in [0.2, 0.25) is 0 Å². The van der Waals surface area contributed by atoms with E-state index in [1.54, 1.807) is 0 Å². The van der Waals surface area contributed by atoms with Crippen molar-refractivity contribution in [1.82, 2.24) is 0 Å². The molecule has 0 aromatic carbocycles. The van der Waals surface area contributed by atoms with Crippen molar-refractivity contribution in [3.63, 3.8) is 0 Å². The zero-order valence-electron chi connectivity index (χ0n) is 5.91. The van der Waals surface area contributed by atoms with Crippen LogP contribution in [0.15, 0.2) is 0 Å². The van der Waals surface area contributed by atoms with Crippen molar-refractivity contribution < 1.29 is 0 Å². The predicted octanol–water partition coefficient (Wildman–Crippen LogP) is 2.81. The number of hydrogen-bond acceptors (Lipinski definition) is 0. The molecular formula is C8H13Cl. The van der Waals surface area contributed by atoms with E-state index in [1.165, 1.54) is 25.7 Å². The van der Waals surface area contributed by atoms with Crippen molar-refractivity contribution in [3.8, 4) is 0 Å². The van der Waals surface area contributed by atoms with E-state index in [0.29, 0.717) is 0 Å². The van der Waals surface area contributed by atoms with Crippen LogP contribution < -0.4 is 0 Å². The highest BCUT2D eigenvalue weighted by Gasteiger charge is 2.78. The van der Waals surface area contributed by atoms with Gasteiger partial charge >= 0.3 is 0 Å². The third-order valence-electron chi connectivity index (χ3n) is 3.28. The van der Waals surface area contributed by atoms with Crippen LogP contribution in [-0.2, 0) is 0 Å². The second-order valence-corrected chi connectivity index (χ2v) is 4.37. The lowest BCUT2D eigenvalue weighted by Gasteiger charge is -1.97. The molecule has 2 rings (SSSR count). The topological polar surface area (TPSA) is 0 Å². The molecule has 0 spiro atoms. The molecule has 2 aliphatic rings. The summed E-state index contributed by atoms with van der Waals surface area (Å²) in [6.45, 7) is 2.40. The Bertz CT molecular complexity index is 134. The van der Waals surface area contributed by atoms with E-state index in [1.807, 2.05) is 0 Å². The minimum Gasteiger partial charge on any atom is -0.127 e. The molecule has 9 heavy (non-hydrogen) atoms. The van der Waals surface area contributed by atoms with Gasteiger partial charge in [-0.05, 0) is 36.5 Å². The fraction of sp³-hybridized carbons (Fsp3) is 1.00. The Morgan fingerprint density at radius 1 is 1.44 bits per heavy atom. The van der Waals surface area contributed by atoms with Gasteiger partial charge in [-0.1, -0.05) is 6.92 Å². The summed E-state index contributed by atoms with van der Waals surface area (Å²) in [7, 11) is 0. The second-order valence-electron chi connectivity index (χ2n) is 3.99. The predicted molar refractivity (Wildman–Crippen MR) is 39.7 cm³/mol. The number of halogens is 1. The van der Waals surface area contributed by atoms with Crippen molar-refractivity contribution in [3.05, 3.63) is 0 Å². The molecule has 0 bridgehead atoms. The molecule has 0 saturated heterocycles. The smallest absolute Gasteiger partial charge is 0.0223 e. The monoisotopic (exact) mass is 144 g/mol. The summed E-state index contributed by atoms with van der Waals surface area (Å²) < 4.78 is 0. The lowest BCUT2D eigenvalue weighted by molar-refractivity contribution is 0.576. The van der Waals surface area contributed by atoms with Crippen molar-refractivity contribution in [2.75, 3.05) is 5.88 Å². The molecule has 2 aliphatic carbocycles. The van der Waals surface area contributed by atoms with Crippen LogP contribution in [0.3, 0.4) is 0 Å². The highest BCUT2D eigenvalue weighted by molar-refractivity contribution is 6.17. The first-order valence-electron chi connectivity index (χ1n) is 3.79. The fourth-order valence-corrected chi connectivity index (χ4v) is 2.37. The number of fused-ring (bicyclic) bond motifs is 1.